The zero-order valence-corrected chi connectivity index (χ0v) is 13.8. The first kappa shape index (κ1) is 16.2. The summed E-state index contributed by atoms with van der Waals surface area (Å²) in [4.78, 5) is 14.5. The highest BCUT2D eigenvalue weighted by molar-refractivity contribution is 5.95. The second-order valence-corrected chi connectivity index (χ2v) is 6.88. The summed E-state index contributed by atoms with van der Waals surface area (Å²) in [6.45, 7) is 1.29. The lowest BCUT2D eigenvalue weighted by atomic mass is 10.0. The first-order valence-corrected chi connectivity index (χ1v) is 8.71. The van der Waals surface area contributed by atoms with Gasteiger partial charge in [0.2, 0.25) is 0 Å². The molecule has 2 bridgehead atoms. The van der Waals surface area contributed by atoms with Crippen LogP contribution in [-0.2, 0) is 0 Å². The lowest BCUT2D eigenvalue weighted by Crippen LogP contribution is -2.39. The van der Waals surface area contributed by atoms with Crippen LogP contribution >= 0.6 is 0 Å². The number of carbonyl (C=O) groups excluding carboxylic acids is 1. The number of hydrogen-bond donors (Lipinski definition) is 1. The molecule has 5 heteroatoms. The summed E-state index contributed by atoms with van der Waals surface area (Å²) in [6.07, 6.45) is 3.14. The Balaban J connectivity index is 1.56. The minimum Gasteiger partial charge on any atom is -0.337 e. The molecular formula is C20H20F2N2O. The summed E-state index contributed by atoms with van der Waals surface area (Å²) >= 11 is 0. The molecule has 2 unspecified atom stereocenters. The van der Waals surface area contributed by atoms with Crippen LogP contribution in [0.3, 0.4) is 0 Å². The Kier molecular flexibility index (Phi) is 4.25. The number of nitrogens with zero attached hydrogens (tertiary/aromatic N) is 1. The van der Waals surface area contributed by atoms with Crippen LogP contribution in [0.25, 0.3) is 11.1 Å². The standard InChI is InChI=1S/C20H20F2N2O/c21-15-4-1-13(2-5-15)14-3-8-18(19(22)11-14)20(25)24-10-9-16-6-7-17(12-24)23-16/h1-5,8,11,16-17,23H,6-7,9-10,12H2. The van der Waals surface area contributed by atoms with E-state index in [0.717, 1.165) is 24.8 Å². The van der Waals surface area contributed by atoms with E-state index in [2.05, 4.69) is 5.32 Å². The van der Waals surface area contributed by atoms with Gasteiger partial charge < -0.3 is 10.2 Å². The van der Waals surface area contributed by atoms with E-state index < -0.39 is 5.82 Å². The van der Waals surface area contributed by atoms with Gasteiger partial charge >= 0.3 is 0 Å². The number of carbonyl (C=O) groups is 1. The highest BCUT2D eigenvalue weighted by atomic mass is 19.1. The molecule has 1 amide bonds. The van der Waals surface area contributed by atoms with Crippen LogP contribution in [0.5, 0.6) is 0 Å². The second kappa shape index (κ2) is 6.56. The molecule has 2 aliphatic heterocycles. The molecule has 4 rings (SSSR count). The van der Waals surface area contributed by atoms with E-state index in [1.807, 2.05) is 0 Å². The maximum Gasteiger partial charge on any atom is 0.256 e. The molecule has 2 aromatic rings. The van der Waals surface area contributed by atoms with Crippen LogP contribution in [0.15, 0.2) is 42.5 Å². The van der Waals surface area contributed by atoms with E-state index in [-0.39, 0.29) is 17.3 Å². The van der Waals surface area contributed by atoms with E-state index in [9.17, 15) is 13.6 Å². The average molecular weight is 342 g/mol. The molecule has 0 radical (unpaired) electrons. The van der Waals surface area contributed by atoms with Gasteiger partial charge in [-0.3, -0.25) is 4.79 Å². The van der Waals surface area contributed by atoms with E-state index in [0.29, 0.717) is 30.7 Å². The number of halogens is 2. The second-order valence-electron chi connectivity index (χ2n) is 6.88. The summed E-state index contributed by atoms with van der Waals surface area (Å²) < 4.78 is 27.6. The van der Waals surface area contributed by atoms with Crippen LogP contribution in [0, 0.1) is 11.6 Å². The number of fused-ring (bicyclic) bond motifs is 2. The minimum atomic E-state index is -0.533. The monoisotopic (exact) mass is 342 g/mol. The molecule has 0 spiro atoms. The van der Waals surface area contributed by atoms with Crippen molar-refractivity contribution < 1.29 is 13.6 Å². The number of benzene rings is 2. The highest BCUT2D eigenvalue weighted by Crippen LogP contribution is 2.25. The lowest BCUT2D eigenvalue weighted by molar-refractivity contribution is 0.0743. The third-order valence-corrected chi connectivity index (χ3v) is 5.19. The number of amides is 1. The zero-order valence-electron chi connectivity index (χ0n) is 13.8. The van der Waals surface area contributed by atoms with Crippen molar-refractivity contribution in [1.29, 1.82) is 0 Å². The Bertz CT molecular complexity index is 791. The molecule has 2 fully saturated rings. The van der Waals surface area contributed by atoms with Gasteiger partial charge in [0.1, 0.15) is 11.6 Å². The Morgan fingerprint density at radius 3 is 2.44 bits per heavy atom. The molecule has 2 aliphatic rings. The van der Waals surface area contributed by atoms with Crippen molar-refractivity contribution in [2.75, 3.05) is 13.1 Å². The zero-order chi connectivity index (χ0) is 17.4. The molecule has 130 valence electrons. The maximum atomic E-state index is 14.6. The van der Waals surface area contributed by atoms with Crippen molar-refractivity contribution in [3.8, 4) is 11.1 Å². The van der Waals surface area contributed by atoms with Crippen LogP contribution in [0.4, 0.5) is 8.78 Å². The largest absolute Gasteiger partial charge is 0.337 e. The van der Waals surface area contributed by atoms with Gasteiger partial charge in [0.15, 0.2) is 0 Å². The van der Waals surface area contributed by atoms with Crippen LogP contribution in [0.1, 0.15) is 29.6 Å². The predicted molar refractivity (Wildman–Crippen MR) is 92.3 cm³/mol. The Morgan fingerprint density at radius 1 is 0.960 bits per heavy atom. The maximum absolute atomic E-state index is 14.6. The van der Waals surface area contributed by atoms with Gasteiger partial charge in [-0.05, 0) is 54.7 Å². The van der Waals surface area contributed by atoms with Gasteiger partial charge in [0, 0.05) is 25.2 Å². The third-order valence-electron chi connectivity index (χ3n) is 5.19. The molecule has 0 aliphatic carbocycles. The first-order chi connectivity index (χ1) is 12.1. The lowest BCUT2D eigenvalue weighted by Gasteiger charge is -2.24. The molecule has 2 saturated heterocycles. The van der Waals surface area contributed by atoms with Gasteiger partial charge in [-0.25, -0.2) is 8.78 Å². The van der Waals surface area contributed by atoms with Crippen molar-refractivity contribution in [2.24, 2.45) is 0 Å². The number of rotatable bonds is 2. The summed E-state index contributed by atoms with van der Waals surface area (Å²) in [5, 5.41) is 3.52. The highest BCUT2D eigenvalue weighted by Gasteiger charge is 2.32. The van der Waals surface area contributed by atoms with Crippen LogP contribution < -0.4 is 5.32 Å². The summed E-state index contributed by atoms with van der Waals surface area (Å²) in [5.41, 5.74) is 1.45. The van der Waals surface area contributed by atoms with Crippen LogP contribution in [0.2, 0.25) is 0 Å². The van der Waals surface area contributed by atoms with E-state index >= 15 is 0 Å². The number of nitrogens with one attached hydrogen (secondary N) is 1. The van der Waals surface area contributed by atoms with Crippen molar-refractivity contribution in [3.63, 3.8) is 0 Å². The molecule has 0 aromatic heterocycles. The van der Waals surface area contributed by atoms with Crippen LogP contribution in [-0.4, -0.2) is 36.0 Å². The van der Waals surface area contributed by atoms with E-state index in [1.54, 1.807) is 23.1 Å². The summed E-state index contributed by atoms with van der Waals surface area (Å²) in [5.74, 6) is -1.12. The SMILES string of the molecule is O=C(c1ccc(-c2ccc(F)cc2)cc1F)N1CCC2CCC(C1)N2. The molecule has 0 saturated carbocycles. The molecule has 1 N–H and O–H groups in total. The number of hydrogen-bond acceptors (Lipinski definition) is 2. The first-order valence-electron chi connectivity index (χ1n) is 8.71. The normalized spacial score (nSPS) is 22.7. The fourth-order valence-electron chi connectivity index (χ4n) is 3.81. The van der Waals surface area contributed by atoms with Crippen molar-refractivity contribution >= 4 is 5.91 Å². The molecule has 3 nitrogen and oxygen atoms in total. The topological polar surface area (TPSA) is 32.3 Å². The Labute approximate surface area is 145 Å². The van der Waals surface area contributed by atoms with Gasteiger partial charge in [-0.1, -0.05) is 18.2 Å². The van der Waals surface area contributed by atoms with Crippen molar-refractivity contribution in [2.45, 2.75) is 31.3 Å². The third kappa shape index (κ3) is 3.29. The number of likely N-dealkylation sites (tertiary alicyclic amines) is 1. The van der Waals surface area contributed by atoms with Crippen molar-refractivity contribution in [1.82, 2.24) is 10.2 Å². The van der Waals surface area contributed by atoms with E-state index in [1.165, 1.54) is 24.3 Å². The molecular weight excluding hydrogens is 322 g/mol. The smallest absolute Gasteiger partial charge is 0.256 e. The molecule has 2 atom stereocenters. The van der Waals surface area contributed by atoms with Gasteiger partial charge in [-0.2, -0.15) is 0 Å². The van der Waals surface area contributed by atoms with Gasteiger partial charge in [-0.15, -0.1) is 0 Å². The molecule has 25 heavy (non-hydrogen) atoms. The van der Waals surface area contributed by atoms with Crippen molar-refractivity contribution in [3.05, 3.63) is 59.7 Å². The fraction of sp³-hybridized carbons (Fsp3) is 0.350. The molecule has 2 aromatic carbocycles. The average Bonchev–Trinajstić information content (AvgIpc) is 2.94. The summed E-state index contributed by atoms with van der Waals surface area (Å²) in [7, 11) is 0. The van der Waals surface area contributed by atoms with E-state index in [4.69, 9.17) is 0 Å². The Morgan fingerprint density at radius 2 is 1.68 bits per heavy atom. The minimum absolute atomic E-state index is 0.101. The molecule has 2 heterocycles. The fourth-order valence-corrected chi connectivity index (χ4v) is 3.81. The Hall–Kier alpha value is -2.27. The summed E-state index contributed by atoms with van der Waals surface area (Å²) in [6, 6.07) is 11.3. The quantitative estimate of drug-likeness (QED) is 0.904. The predicted octanol–water partition coefficient (Wildman–Crippen LogP) is 3.60. The van der Waals surface area contributed by atoms with Gasteiger partial charge in [0.25, 0.3) is 5.91 Å². The van der Waals surface area contributed by atoms with Gasteiger partial charge in [0.05, 0.1) is 5.56 Å².